The molecule has 1 aromatic rings. The Morgan fingerprint density at radius 1 is 1.47 bits per heavy atom. The van der Waals surface area contributed by atoms with Crippen molar-refractivity contribution in [2.75, 3.05) is 20.3 Å². The molecular formula is C14H22N2O3. The molecule has 1 unspecified atom stereocenters. The minimum Gasteiger partial charge on any atom is -0.481 e. The number of hydrogen-bond donors (Lipinski definition) is 2. The number of nitrogens with two attached hydrogens (primary N) is 1. The van der Waals surface area contributed by atoms with Gasteiger partial charge in [-0.1, -0.05) is 17.7 Å². The second-order valence-corrected chi connectivity index (χ2v) is 4.36. The van der Waals surface area contributed by atoms with Crippen LogP contribution in [0.2, 0.25) is 0 Å². The Bertz CT molecular complexity index is 421. The SMILES string of the molecule is COCCNC(=O)C(C)Oc1ccc(C)cc1CN. The second-order valence-electron chi connectivity index (χ2n) is 4.36. The van der Waals surface area contributed by atoms with Gasteiger partial charge in [0.05, 0.1) is 6.61 Å². The molecule has 0 aliphatic heterocycles. The van der Waals surface area contributed by atoms with E-state index in [0.29, 0.717) is 25.4 Å². The molecule has 0 radical (unpaired) electrons. The molecule has 0 fully saturated rings. The fourth-order valence-corrected chi connectivity index (χ4v) is 1.65. The van der Waals surface area contributed by atoms with Crippen molar-refractivity contribution in [3.63, 3.8) is 0 Å². The van der Waals surface area contributed by atoms with E-state index in [-0.39, 0.29) is 5.91 Å². The molecule has 5 heteroatoms. The van der Waals surface area contributed by atoms with E-state index in [1.165, 1.54) is 0 Å². The van der Waals surface area contributed by atoms with Crippen LogP contribution in [0.4, 0.5) is 0 Å². The van der Waals surface area contributed by atoms with Gasteiger partial charge < -0.3 is 20.5 Å². The van der Waals surface area contributed by atoms with E-state index in [2.05, 4.69) is 5.32 Å². The number of methoxy groups -OCH3 is 1. The maximum atomic E-state index is 11.8. The van der Waals surface area contributed by atoms with Gasteiger partial charge in [-0.25, -0.2) is 0 Å². The van der Waals surface area contributed by atoms with Gasteiger partial charge in [-0.15, -0.1) is 0 Å². The lowest BCUT2D eigenvalue weighted by molar-refractivity contribution is -0.127. The fraction of sp³-hybridized carbons (Fsp3) is 0.500. The molecule has 0 bridgehead atoms. The summed E-state index contributed by atoms with van der Waals surface area (Å²) in [5.41, 5.74) is 7.69. The summed E-state index contributed by atoms with van der Waals surface area (Å²) in [7, 11) is 1.59. The molecule has 1 atom stereocenters. The third kappa shape index (κ3) is 4.89. The Hall–Kier alpha value is -1.59. The van der Waals surface area contributed by atoms with Crippen molar-refractivity contribution < 1.29 is 14.3 Å². The summed E-state index contributed by atoms with van der Waals surface area (Å²) >= 11 is 0. The van der Waals surface area contributed by atoms with Gasteiger partial charge in [0.2, 0.25) is 0 Å². The Kier molecular flexibility index (Phi) is 6.32. The monoisotopic (exact) mass is 266 g/mol. The van der Waals surface area contributed by atoms with Gasteiger partial charge in [0.15, 0.2) is 6.10 Å². The van der Waals surface area contributed by atoms with E-state index in [0.717, 1.165) is 11.1 Å². The van der Waals surface area contributed by atoms with E-state index in [1.807, 2.05) is 25.1 Å². The fourth-order valence-electron chi connectivity index (χ4n) is 1.65. The Balaban J connectivity index is 2.60. The third-order valence-electron chi connectivity index (χ3n) is 2.71. The first kappa shape index (κ1) is 15.5. The molecule has 0 aromatic heterocycles. The third-order valence-corrected chi connectivity index (χ3v) is 2.71. The highest BCUT2D eigenvalue weighted by Crippen LogP contribution is 2.20. The average Bonchev–Trinajstić information content (AvgIpc) is 2.40. The van der Waals surface area contributed by atoms with Crippen molar-refractivity contribution in [3.8, 4) is 5.75 Å². The number of carbonyl (C=O) groups excluding carboxylic acids is 1. The van der Waals surface area contributed by atoms with Crippen LogP contribution in [0.5, 0.6) is 5.75 Å². The molecule has 1 amide bonds. The van der Waals surface area contributed by atoms with E-state index >= 15 is 0 Å². The summed E-state index contributed by atoms with van der Waals surface area (Å²) in [5.74, 6) is 0.489. The van der Waals surface area contributed by atoms with Crippen molar-refractivity contribution in [2.45, 2.75) is 26.5 Å². The van der Waals surface area contributed by atoms with Crippen LogP contribution in [0, 0.1) is 6.92 Å². The smallest absolute Gasteiger partial charge is 0.260 e. The van der Waals surface area contributed by atoms with Crippen molar-refractivity contribution in [3.05, 3.63) is 29.3 Å². The van der Waals surface area contributed by atoms with Gasteiger partial charge >= 0.3 is 0 Å². The van der Waals surface area contributed by atoms with Gasteiger partial charge in [-0.2, -0.15) is 0 Å². The Morgan fingerprint density at radius 3 is 2.84 bits per heavy atom. The van der Waals surface area contributed by atoms with E-state index in [4.69, 9.17) is 15.2 Å². The van der Waals surface area contributed by atoms with Crippen molar-refractivity contribution in [1.29, 1.82) is 0 Å². The van der Waals surface area contributed by atoms with Crippen LogP contribution in [-0.2, 0) is 16.1 Å². The summed E-state index contributed by atoms with van der Waals surface area (Å²) in [6.07, 6.45) is -0.565. The number of nitrogens with one attached hydrogen (secondary N) is 1. The number of rotatable bonds is 7. The van der Waals surface area contributed by atoms with Gasteiger partial charge in [-0.05, 0) is 19.9 Å². The average molecular weight is 266 g/mol. The normalized spacial score (nSPS) is 12.0. The Morgan fingerprint density at radius 2 is 2.21 bits per heavy atom. The number of aryl methyl sites for hydroxylation is 1. The van der Waals surface area contributed by atoms with Crippen LogP contribution in [0.1, 0.15) is 18.1 Å². The number of ether oxygens (including phenoxy) is 2. The summed E-state index contributed by atoms with van der Waals surface area (Å²) in [6.45, 7) is 5.04. The van der Waals surface area contributed by atoms with Gasteiger partial charge in [-0.3, -0.25) is 4.79 Å². The van der Waals surface area contributed by atoms with Gasteiger partial charge in [0.1, 0.15) is 5.75 Å². The molecule has 0 heterocycles. The van der Waals surface area contributed by atoms with Crippen LogP contribution >= 0.6 is 0 Å². The first-order valence-corrected chi connectivity index (χ1v) is 6.31. The molecule has 0 saturated heterocycles. The predicted molar refractivity (Wildman–Crippen MR) is 74.0 cm³/mol. The van der Waals surface area contributed by atoms with Crippen LogP contribution < -0.4 is 15.8 Å². The predicted octanol–water partition coefficient (Wildman–Crippen LogP) is 0.984. The molecule has 1 aromatic carbocycles. The summed E-state index contributed by atoms with van der Waals surface area (Å²) in [4.78, 5) is 11.8. The molecule has 106 valence electrons. The molecule has 19 heavy (non-hydrogen) atoms. The molecule has 5 nitrogen and oxygen atoms in total. The maximum Gasteiger partial charge on any atom is 0.260 e. The van der Waals surface area contributed by atoms with E-state index in [1.54, 1.807) is 14.0 Å². The van der Waals surface area contributed by atoms with Gasteiger partial charge in [0, 0.05) is 25.8 Å². The van der Waals surface area contributed by atoms with Gasteiger partial charge in [0.25, 0.3) is 5.91 Å². The first-order chi connectivity index (χ1) is 9.08. The number of benzene rings is 1. The van der Waals surface area contributed by atoms with Crippen LogP contribution in [0.25, 0.3) is 0 Å². The number of carbonyl (C=O) groups is 1. The highest BCUT2D eigenvalue weighted by Gasteiger charge is 2.15. The number of amides is 1. The molecule has 0 saturated carbocycles. The first-order valence-electron chi connectivity index (χ1n) is 6.31. The second kappa shape index (κ2) is 7.76. The van der Waals surface area contributed by atoms with Crippen molar-refractivity contribution in [1.82, 2.24) is 5.32 Å². The van der Waals surface area contributed by atoms with Crippen LogP contribution in [-0.4, -0.2) is 32.3 Å². The molecule has 0 aliphatic rings. The Labute approximate surface area is 114 Å². The zero-order valence-electron chi connectivity index (χ0n) is 11.7. The summed E-state index contributed by atoms with van der Waals surface area (Å²) in [6, 6.07) is 5.74. The highest BCUT2D eigenvalue weighted by molar-refractivity contribution is 5.80. The quantitative estimate of drug-likeness (QED) is 0.722. The van der Waals surface area contributed by atoms with Crippen LogP contribution in [0.3, 0.4) is 0 Å². The van der Waals surface area contributed by atoms with Crippen molar-refractivity contribution in [2.24, 2.45) is 5.73 Å². The minimum absolute atomic E-state index is 0.166. The summed E-state index contributed by atoms with van der Waals surface area (Å²) in [5, 5.41) is 2.73. The van der Waals surface area contributed by atoms with Crippen molar-refractivity contribution >= 4 is 5.91 Å². The lowest BCUT2D eigenvalue weighted by Crippen LogP contribution is -2.38. The summed E-state index contributed by atoms with van der Waals surface area (Å²) < 4.78 is 10.5. The molecule has 1 rings (SSSR count). The lowest BCUT2D eigenvalue weighted by Gasteiger charge is -2.17. The van der Waals surface area contributed by atoms with Crippen LogP contribution in [0.15, 0.2) is 18.2 Å². The lowest BCUT2D eigenvalue weighted by atomic mass is 10.1. The standard InChI is InChI=1S/C14H22N2O3/c1-10-4-5-13(12(8-10)9-15)19-11(2)14(17)16-6-7-18-3/h4-5,8,11H,6-7,9,15H2,1-3H3,(H,16,17). The minimum atomic E-state index is -0.565. The highest BCUT2D eigenvalue weighted by atomic mass is 16.5. The molecular weight excluding hydrogens is 244 g/mol. The largest absolute Gasteiger partial charge is 0.481 e. The zero-order chi connectivity index (χ0) is 14.3. The van der Waals surface area contributed by atoms with E-state index < -0.39 is 6.10 Å². The van der Waals surface area contributed by atoms with E-state index in [9.17, 15) is 4.79 Å². The maximum absolute atomic E-state index is 11.8. The molecule has 0 aliphatic carbocycles. The molecule has 3 N–H and O–H groups in total. The number of hydrogen-bond acceptors (Lipinski definition) is 4. The topological polar surface area (TPSA) is 73.6 Å². The molecule has 0 spiro atoms. The zero-order valence-corrected chi connectivity index (χ0v) is 11.7.